The third kappa shape index (κ3) is 3.88. The Hall–Kier alpha value is -3.56. The number of methoxy groups -OCH3 is 1. The van der Waals surface area contributed by atoms with Crippen molar-refractivity contribution in [1.29, 1.82) is 0 Å². The first-order valence-corrected chi connectivity index (χ1v) is 10.4. The lowest BCUT2D eigenvalue weighted by molar-refractivity contribution is 0.102. The van der Waals surface area contributed by atoms with E-state index in [-0.39, 0.29) is 11.8 Å². The molecule has 0 spiro atoms. The zero-order valence-electron chi connectivity index (χ0n) is 17.9. The summed E-state index contributed by atoms with van der Waals surface area (Å²) < 4.78 is 17.8. The van der Waals surface area contributed by atoms with E-state index in [4.69, 9.17) is 14.0 Å². The van der Waals surface area contributed by atoms with Gasteiger partial charge in [0, 0.05) is 31.2 Å². The van der Waals surface area contributed by atoms with Gasteiger partial charge in [-0.05, 0) is 42.7 Å². The second-order valence-corrected chi connectivity index (χ2v) is 7.84. The van der Waals surface area contributed by atoms with Crippen LogP contribution in [0.3, 0.4) is 0 Å². The number of rotatable bonds is 6. The number of anilines is 1. The Morgan fingerprint density at radius 1 is 1.31 bits per heavy atom. The number of pyridine rings is 1. The summed E-state index contributed by atoms with van der Waals surface area (Å²) >= 11 is 0. The van der Waals surface area contributed by atoms with Crippen molar-refractivity contribution >= 4 is 17.2 Å². The van der Waals surface area contributed by atoms with Crippen molar-refractivity contribution in [2.75, 3.05) is 25.6 Å². The molecule has 4 aromatic rings. The van der Waals surface area contributed by atoms with Crippen LogP contribution in [0.5, 0.6) is 0 Å². The molecule has 9 heteroatoms. The van der Waals surface area contributed by atoms with Gasteiger partial charge in [0.25, 0.3) is 5.91 Å². The Labute approximate surface area is 184 Å². The van der Waals surface area contributed by atoms with Crippen LogP contribution in [0.2, 0.25) is 0 Å². The molecule has 1 atom stereocenters. The minimum absolute atomic E-state index is 0.139. The molecule has 1 unspecified atom stereocenters. The van der Waals surface area contributed by atoms with Gasteiger partial charge in [0.05, 0.1) is 25.3 Å². The second kappa shape index (κ2) is 8.52. The van der Waals surface area contributed by atoms with Crippen LogP contribution >= 0.6 is 0 Å². The van der Waals surface area contributed by atoms with Crippen LogP contribution in [0.25, 0.3) is 17.0 Å². The Balaban J connectivity index is 1.38. The summed E-state index contributed by atoms with van der Waals surface area (Å²) in [5, 5.41) is 7.10. The zero-order valence-corrected chi connectivity index (χ0v) is 17.9. The maximum absolute atomic E-state index is 13.0. The predicted octanol–water partition coefficient (Wildman–Crippen LogP) is 3.60. The SMILES string of the molecule is COCc1ccn2c(C(=O)Nc3cc(-c4noc(C5CCOC5)n4)ccc3C)cnc2c1. The Morgan fingerprint density at radius 2 is 2.22 bits per heavy atom. The number of ether oxygens (including phenoxy) is 2. The van der Waals surface area contributed by atoms with Gasteiger partial charge in [0.15, 0.2) is 0 Å². The fourth-order valence-corrected chi connectivity index (χ4v) is 3.78. The standard InChI is InChI=1S/C23H23N5O4/c1-14-3-4-16(21-26-23(32-27-21)17-6-8-31-13-17)10-18(14)25-22(29)19-11-24-20-9-15(12-30-2)5-7-28(19)20/h3-5,7,9-11,17H,6,8,12-13H2,1-2H3,(H,25,29). The van der Waals surface area contributed by atoms with E-state index in [0.29, 0.717) is 48.6 Å². The molecule has 32 heavy (non-hydrogen) atoms. The van der Waals surface area contributed by atoms with Crippen LogP contribution in [0, 0.1) is 6.92 Å². The zero-order chi connectivity index (χ0) is 22.1. The number of fused-ring (bicyclic) bond motifs is 1. The van der Waals surface area contributed by atoms with Gasteiger partial charge in [-0.25, -0.2) is 4.98 Å². The number of carbonyl (C=O) groups excluding carboxylic acids is 1. The van der Waals surface area contributed by atoms with E-state index < -0.39 is 0 Å². The van der Waals surface area contributed by atoms with Crippen LogP contribution < -0.4 is 5.32 Å². The highest BCUT2D eigenvalue weighted by Crippen LogP contribution is 2.28. The van der Waals surface area contributed by atoms with Gasteiger partial charge in [0.1, 0.15) is 11.3 Å². The highest BCUT2D eigenvalue weighted by molar-refractivity contribution is 6.04. The first-order chi connectivity index (χ1) is 15.6. The lowest BCUT2D eigenvalue weighted by atomic mass is 10.1. The first kappa shape index (κ1) is 20.3. The minimum atomic E-state index is -0.255. The van der Waals surface area contributed by atoms with E-state index in [2.05, 4.69) is 20.4 Å². The number of hydrogen-bond acceptors (Lipinski definition) is 7. The third-order valence-corrected chi connectivity index (χ3v) is 5.59. The van der Waals surface area contributed by atoms with Gasteiger partial charge in [0.2, 0.25) is 11.7 Å². The lowest BCUT2D eigenvalue weighted by Gasteiger charge is -2.10. The van der Waals surface area contributed by atoms with Gasteiger partial charge in [-0.3, -0.25) is 9.20 Å². The summed E-state index contributed by atoms with van der Waals surface area (Å²) in [6.07, 6.45) is 4.27. The Kier molecular flexibility index (Phi) is 5.42. The van der Waals surface area contributed by atoms with Gasteiger partial charge < -0.3 is 19.3 Å². The molecule has 1 fully saturated rings. The van der Waals surface area contributed by atoms with E-state index >= 15 is 0 Å². The summed E-state index contributed by atoms with van der Waals surface area (Å²) in [7, 11) is 1.64. The van der Waals surface area contributed by atoms with E-state index in [9.17, 15) is 4.79 Å². The van der Waals surface area contributed by atoms with Crippen LogP contribution in [0.4, 0.5) is 5.69 Å². The van der Waals surface area contributed by atoms with Crippen LogP contribution in [0.1, 0.15) is 39.8 Å². The Bertz CT molecular complexity index is 1270. The van der Waals surface area contributed by atoms with Crippen molar-refractivity contribution in [1.82, 2.24) is 19.5 Å². The number of carbonyl (C=O) groups is 1. The van der Waals surface area contributed by atoms with Gasteiger partial charge in [-0.15, -0.1) is 0 Å². The molecule has 3 aromatic heterocycles. The smallest absolute Gasteiger partial charge is 0.274 e. The number of benzene rings is 1. The molecular formula is C23H23N5O4. The topological polar surface area (TPSA) is 104 Å². The van der Waals surface area contributed by atoms with Crippen molar-refractivity contribution in [3.8, 4) is 11.4 Å². The molecule has 1 aliphatic rings. The van der Waals surface area contributed by atoms with E-state index in [1.807, 2.05) is 43.5 Å². The van der Waals surface area contributed by atoms with E-state index in [0.717, 1.165) is 23.1 Å². The number of aromatic nitrogens is 4. The molecule has 0 radical (unpaired) electrons. The van der Waals surface area contributed by atoms with Gasteiger partial charge in [-0.2, -0.15) is 4.98 Å². The number of nitrogens with one attached hydrogen (secondary N) is 1. The fourth-order valence-electron chi connectivity index (χ4n) is 3.78. The van der Waals surface area contributed by atoms with Gasteiger partial charge in [-0.1, -0.05) is 17.3 Å². The molecule has 0 bridgehead atoms. The molecule has 1 N–H and O–H groups in total. The average Bonchev–Trinajstić information content (AvgIpc) is 3.55. The summed E-state index contributed by atoms with van der Waals surface area (Å²) in [4.78, 5) is 21.9. The summed E-state index contributed by atoms with van der Waals surface area (Å²) in [6, 6.07) is 9.49. The molecule has 0 saturated carbocycles. The van der Waals surface area contributed by atoms with Crippen LogP contribution in [-0.4, -0.2) is 45.8 Å². The van der Waals surface area contributed by atoms with Crippen molar-refractivity contribution < 1.29 is 18.8 Å². The summed E-state index contributed by atoms with van der Waals surface area (Å²) in [5.41, 5.74) is 4.48. The molecule has 1 saturated heterocycles. The lowest BCUT2D eigenvalue weighted by Crippen LogP contribution is -2.15. The summed E-state index contributed by atoms with van der Waals surface area (Å²) in [6.45, 7) is 3.73. The molecular weight excluding hydrogens is 410 g/mol. The number of nitrogens with zero attached hydrogens (tertiary/aromatic N) is 4. The maximum atomic E-state index is 13.0. The van der Waals surface area contributed by atoms with Crippen LogP contribution in [0.15, 0.2) is 47.2 Å². The molecule has 164 valence electrons. The third-order valence-electron chi connectivity index (χ3n) is 5.59. The van der Waals surface area contributed by atoms with Gasteiger partial charge >= 0.3 is 0 Å². The molecule has 1 aromatic carbocycles. The van der Waals surface area contributed by atoms with E-state index in [1.54, 1.807) is 17.7 Å². The highest BCUT2D eigenvalue weighted by atomic mass is 16.5. The van der Waals surface area contributed by atoms with Crippen molar-refractivity contribution in [3.63, 3.8) is 0 Å². The van der Waals surface area contributed by atoms with Crippen molar-refractivity contribution in [2.24, 2.45) is 0 Å². The molecule has 5 rings (SSSR count). The predicted molar refractivity (Wildman–Crippen MR) is 117 cm³/mol. The molecule has 0 aliphatic carbocycles. The average molecular weight is 433 g/mol. The normalized spacial score (nSPS) is 16.0. The largest absolute Gasteiger partial charge is 0.381 e. The molecule has 9 nitrogen and oxygen atoms in total. The van der Waals surface area contributed by atoms with Crippen LogP contribution in [-0.2, 0) is 16.1 Å². The monoisotopic (exact) mass is 433 g/mol. The number of imidazole rings is 1. The maximum Gasteiger partial charge on any atom is 0.274 e. The highest BCUT2D eigenvalue weighted by Gasteiger charge is 2.24. The molecule has 1 amide bonds. The second-order valence-electron chi connectivity index (χ2n) is 7.84. The molecule has 1 aliphatic heterocycles. The van der Waals surface area contributed by atoms with Crippen molar-refractivity contribution in [3.05, 3.63) is 65.4 Å². The van der Waals surface area contributed by atoms with Crippen molar-refractivity contribution in [2.45, 2.75) is 25.9 Å². The Morgan fingerprint density at radius 3 is 3.03 bits per heavy atom. The summed E-state index contributed by atoms with van der Waals surface area (Å²) in [5.74, 6) is 0.958. The number of aryl methyl sites for hydroxylation is 1. The fraction of sp³-hybridized carbons (Fsp3) is 0.304. The quantitative estimate of drug-likeness (QED) is 0.495. The first-order valence-electron chi connectivity index (χ1n) is 10.4. The number of hydrogen-bond donors (Lipinski definition) is 1. The molecule has 4 heterocycles. The van der Waals surface area contributed by atoms with E-state index in [1.165, 1.54) is 0 Å². The minimum Gasteiger partial charge on any atom is -0.381 e. The number of amides is 1.